The van der Waals surface area contributed by atoms with Crippen LogP contribution in [-0.4, -0.2) is 13.2 Å². The first-order chi connectivity index (χ1) is 9.99. The number of hydrogen-bond acceptors (Lipinski definition) is 2. The molecule has 1 N–H and O–H groups in total. The maximum Gasteiger partial charge on any atom is 0.121 e. The van der Waals surface area contributed by atoms with E-state index >= 15 is 0 Å². The molecule has 2 unspecified atom stereocenters. The number of likely N-dealkylation sites (N-methyl/N-ethyl adjacent to an activating group) is 1. The van der Waals surface area contributed by atoms with Crippen molar-refractivity contribution in [1.82, 2.24) is 5.32 Å². The fourth-order valence-corrected chi connectivity index (χ4v) is 2.87. The summed E-state index contributed by atoms with van der Waals surface area (Å²) in [5, 5.41) is 4.04. The minimum absolute atomic E-state index is 0.00494. The monoisotopic (exact) mass is 303 g/mol. The van der Waals surface area contributed by atoms with Crippen LogP contribution in [0.3, 0.4) is 0 Å². The fraction of sp³-hybridized carbons (Fsp3) is 0.333. The number of aryl methyl sites for hydroxylation is 2. The summed E-state index contributed by atoms with van der Waals surface area (Å²) in [7, 11) is 1.96. The molecule has 0 aliphatic rings. The lowest BCUT2D eigenvalue weighted by molar-refractivity contribution is 0.175. The Kier molecular flexibility index (Phi) is 5.27. The summed E-state index contributed by atoms with van der Waals surface area (Å²) in [6, 6.07) is 14.2. The summed E-state index contributed by atoms with van der Waals surface area (Å²) in [5.74, 6) is 0.791. The molecular weight excluding hydrogens is 282 g/mol. The molecule has 0 bridgehead atoms. The van der Waals surface area contributed by atoms with Gasteiger partial charge in [-0.2, -0.15) is 0 Å². The lowest BCUT2D eigenvalue weighted by Gasteiger charge is -2.25. The highest BCUT2D eigenvalue weighted by molar-refractivity contribution is 6.30. The van der Waals surface area contributed by atoms with Crippen LogP contribution in [0.4, 0.5) is 0 Å². The minimum atomic E-state index is -0.00494. The van der Waals surface area contributed by atoms with E-state index in [0.29, 0.717) is 5.02 Å². The zero-order valence-corrected chi connectivity index (χ0v) is 13.7. The summed E-state index contributed by atoms with van der Waals surface area (Å²) in [6.45, 7) is 6.30. The molecule has 0 aliphatic heterocycles. The van der Waals surface area contributed by atoms with Crippen molar-refractivity contribution in [3.63, 3.8) is 0 Å². The van der Waals surface area contributed by atoms with E-state index in [2.05, 4.69) is 44.3 Å². The van der Waals surface area contributed by atoms with E-state index in [1.54, 1.807) is 0 Å². The van der Waals surface area contributed by atoms with Gasteiger partial charge in [0.15, 0.2) is 0 Å². The summed E-state index contributed by atoms with van der Waals surface area (Å²) in [5.41, 5.74) is 3.77. The number of rotatable bonds is 5. The standard InChI is InChI=1S/C18H22ClNO/c1-12-8-13(2)10-15(9-12)18(20-4)14(3)21-17-7-5-6-16(19)11-17/h5-11,14,18,20H,1-4H3. The van der Waals surface area contributed by atoms with Crippen molar-refractivity contribution < 1.29 is 4.74 Å². The Morgan fingerprint density at radius 1 is 1.05 bits per heavy atom. The van der Waals surface area contributed by atoms with Crippen LogP contribution in [0.2, 0.25) is 5.02 Å². The molecule has 2 aromatic rings. The van der Waals surface area contributed by atoms with Gasteiger partial charge < -0.3 is 10.1 Å². The Labute approximate surface area is 132 Å². The molecule has 0 heterocycles. The SMILES string of the molecule is CNC(c1cc(C)cc(C)c1)C(C)Oc1cccc(Cl)c1. The highest BCUT2D eigenvalue weighted by Crippen LogP contribution is 2.25. The first kappa shape index (κ1) is 15.9. The van der Waals surface area contributed by atoms with E-state index in [9.17, 15) is 0 Å². The van der Waals surface area contributed by atoms with E-state index in [-0.39, 0.29) is 12.1 Å². The number of nitrogens with one attached hydrogen (secondary N) is 1. The Morgan fingerprint density at radius 2 is 1.71 bits per heavy atom. The van der Waals surface area contributed by atoms with Crippen molar-refractivity contribution >= 4 is 11.6 Å². The normalized spacial score (nSPS) is 13.8. The third-order valence-electron chi connectivity index (χ3n) is 3.50. The van der Waals surface area contributed by atoms with Crippen molar-refractivity contribution in [3.8, 4) is 5.75 Å². The first-order valence-electron chi connectivity index (χ1n) is 7.17. The lowest BCUT2D eigenvalue weighted by atomic mass is 9.98. The molecular formula is C18H22ClNO. The average molecular weight is 304 g/mol. The van der Waals surface area contributed by atoms with Gasteiger partial charge in [-0.1, -0.05) is 47.0 Å². The number of benzene rings is 2. The molecule has 0 amide bonds. The number of hydrogen-bond donors (Lipinski definition) is 1. The van der Waals surface area contributed by atoms with Gasteiger partial charge in [0.25, 0.3) is 0 Å². The van der Waals surface area contributed by atoms with Gasteiger partial charge in [0.05, 0.1) is 6.04 Å². The Balaban J connectivity index is 2.20. The minimum Gasteiger partial charge on any atom is -0.489 e. The van der Waals surface area contributed by atoms with Crippen LogP contribution in [0.1, 0.15) is 29.7 Å². The van der Waals surface area contributed by atoms with Gasteiger partial charge in [-0.3, -0.25) is 0 Å². The van der Waals surface area contributed by atoms with E-state index in [0.717, 1.165) is 5.75 Å². The molecule has 2 aromatic carbocycles. The van der Waals surface area contributed by atoms with Crippen LogP contribution >= 0.6 is 11.6 Å². The molecule has 0 saturated heterocycles. The molecule has 21 heavy (non-hydrogen) atoms. The van der Waals surface area contributed by atoms with Gasteiger partial charge in [0.2, 0.25) is 0 Å². The molecule has 3 heteroatoms. The molecule has 2 nitrogen and oxygen atoms in total. The van der Waals surface area contributed by atoms with Crippen molar-refractivity contribution in [2.45, 2.75) is 32.9 Å². The van der Waals surface area contributed by atoms with Gasteiger partial charge >= 0.3 is 0 Å². The highest BCUT2D eigenvalue weighted by Gasteiger charge is 2.19. The summed E-state index contributed by atoms with van der Waals surface area (Å²) in [4.78, 5) is 0. The molecule has 0 aromatic heterocycles. The zero-order chi connectivity index (χ0) is 15.4. The molecule has 0 spiro atoms. The fourth-order valence-electron chi connectivity index (χ4n) is 2.68. The van der Waals surface area contributed by atoms with Crippen LogP contribution < -0.4 is 10.1 Å². The van der Waals surface area contributed by atoms with Gasteiger partial charge in [-0.05, 0) is 51.6 Å². The van der Waals surface area contributed by atoms with Crippen LogP contribution in [0.5, 0.6) is 5.75 Å². The van der Waals surface area contributed by atoms with Crippen LogP contribution in [0.15, 0.2) is 42.5 Å². The van der Waals surface area contributed by atoms with Crippen LogP contribution in [-0.2, 0) is 0 Å². The maximum absolute atomic E-state index is 6.04. The predicted molar refractivity (Wildman–Crippen MR) is 89.3 cm³/mol. The van der Waals surface area contributed by atoms with Gasteiger partial charge in [0, 0.05) is 5.02 Å². The van der Waals surface area contributed by atoms with E-state index in [1.807, 2.05) is 31.3 Å². The molecule has 0 fully saturated rings. The van der Waals surface area contributed by atoms with Crippen LogP contribution in [0.25, 0.3) is 0 Å². The molecule has 0 aliphatic carbocycles. The van der Waals surface area contributed by atoms with Crippen LogP contribution in [0, 0.1) is 13.8 Å². The molecule has 2 atom stereocenters. The van der Waals surface area contributed by atoms with Gasteiger partial charge in [-0.15, -0.1) is 0 Å². The molecule has 0 radical (unpaired) electrons. The summed E-state index contributed by atoms with van der Waals surface area (Å²) in [6.07, 6.45) is -0.00494. The Hall–Kier alpha value is -1.51. The predicted octanol–water partition coefficient (Wildman–Crippen LogP) is 4.68. The Bertz CT molecular complexity index is 592. The quantitative estimate of drug-likeness (QED) is 0.865. The van der Waals surface area contributed by atoms with Gasteiger partial charge in [-0.25, -0.2) is 0 Å². The van der Waals surface area contributed by atoms with Crippen molar-refractivity contribution in [3.05, 3.63) is 64.2 Å². The zero-order valence-electron chi connectivity index (χ0n) is 13.0. The van der Waals surface area contributed by atoms with E-state index in [4.69, 9.17) is 16.3 Å². The van der Waals surface area contributed by atoms with Crippen molar-refractivity contribution in [1.29, 1.82) is 0 Å². The average Bonchev–Trinajstić information content (AvgIpc) is 2.38. The third kappa shape index (κ3) is 4.23. The smallest absolute Gasteiger partial charge is 0.121 e. The van der Waals surface area contributed by atoms with Crippen molar-refractivity contribution in [2.24, 2.45) is 0 Å². The second-order valence-electron chi connectivity index (χ2n) is 5.47. The summed E-state index contributed by atoms with van der Waals surface area (Å²) >= 11 is 6.00. The second-order valence-corrected chi connectivity index (χ2v) is 5.90. The molecule has 2 rings (SSSR count). The Morgan fingerprint density at radius 3 is 2.29 bits per heavy atom. The first-order valence-corrected chi connectivity index (χ1v) is 7.55. The van der Waals surface area contributed by atoms with Crippen molar-refractivity contribution in [2.75, 3.05) is 7.05 Å². The number of ether oxygens (including phenoxy) is 1. The molecule has 0 saturated carbocycles. The largest absolute Gasteiger partial charge is 0.489 e. The summed E-state index contributed by atoms with van der Waals surface area (Å²) < 4.78 is 6.04. The number of halogens is 1. The second kappa shape index (κ2) is 6.97. The highest BCUT2D eigenvalue weighted by atomic mass is 35.5. The van der Waals surface area contributed by atoms with E-state index < -0.39 is 0 Å². The van der Waals surface area contributed by atoms with Gasteiger partial charge in [0.1, 0.15) is 11.9 Å². The maximum atomic E-state index is 6.04. The lowest BCUT2D eigenvalue weighted by Crippen LogP contribution is -2.31. The van der Waals surface area contributed by atoms with E-state index in [1.165, 1.54) is 16.7 Å². The third-order valence-corrected chi connectivity index (χ3v) is 3.74. The topological polar surface area (TPSA) is 21.3 Å². The molecule has 112 valence electrons.